The van der Waals surface area contributed by atoms with Gasteiger partial charge < -0.3 is 10.3 Å². The van der Waals surface area contributed by atoms with E-state index in [1.165, 1.54) is 25.0 Å². The van der Waals surface area contributed by atoms with Crippen LogP contribution in [0.3, 0.4) is 0 Å². The minimum Gasteiger partial charge on any atom is -0.339 e. The van der Waals surface area contributed by atoms with Crippen molar-refractivity contribution in [1.29, 1.82) is 0 Å². The molecule has 1 aliphatic carbocycles. The van der Waals surface area contributed by atoms with Gasteiger partial charge in [-0.3, -0.25) is 0 Å². The molecule has 1 unspecified atom stereocenters. The second-order valence-electron chi connectivity index (χ2n) is 5.12. The van der Waals surface area contributed by atoms with Gasteiger partial charge in [-0.15, -0.1) is 0 Å². The first-order chi connectivity index (χ1) is 9.20. The lowest BCUT2D eigenvalue weighted by Gasteiger charge is -2.04. The van der Waals surface area contributed by atoms with Crippen LogP contribution in [0.25, 0.3) is 0 Å². The Morgan fingerprint density at radius 3 is 3.00 bits per heavy atom. The summed E-state index contributed by atoms with van der Waals surface area (Å²) < 4.78 is 18.2. The van der Waals surface area contributed by atoms with Gasteiger partial charge in [0, 0.05) is 18.9 Å². The van der Waals surface area contributed by atoms with E-state index < -0.39 is 0 Å². The number of rotatable bonds is 5. The third kappa shape index (κ3) is 3.17. The van der Waals surface area contributed by atoms with Crippen molar-refractivity contribution in [3.8, 4) is 0 Å². The van der Waals surface area contributed by atoms with Gasteiger partial charge in [0.15, 0.2) is 5.82 Å². The number of nitrogens with two attached hydrogens (primary N) is 1. The highest BCUT2D eigenvalue weighted by Gasteiger charge is 2.29. The van der Waals surface area contributed by atoms with Crippen LogP contribution in [0.15, 0.2) is 28.8 Å². The summed E-state index contributed by atoms with van der Waals surface area (Å²) in [5.41, 5.74) is 6.85. The van der Waals surface area contributed by atoms with E-state index in [0.29, 0.717) is 30.5 Å². The fraction of sp³-hybridized carbons (Fsp3) is 0.429. The van der Waals surface area contributed by atoms with E-state index in [0.717, 1.165) is 5.56 Å². The molecule has 0 aliphatic heterocycles. The van der Waals surface area contributed by atoms with Gasteiger partial charge in [-0.25, -0.2) is 4.39 Å². The van der Waals surface area contributed by atoms with E-state index >= 15 is 0 Å². The molecule has 1 saturated carbocycles. The number of nitrogens with zero attached hydrogens (tertiary/aromatic N) is 2. The average Bonchev–Trinajstić information content (AvgIpc) is 3.13. The van der Waals surface area contributed by atoms with Crippen molar-refractivity contribution in [3.05, 3.63) is 47.4 Å². The van der Waals surface area contributed by atoms with Crippen LogP contribution in [-0.4, -0.2) is 16.2 Å². The van der Waals surface area contributed by atoms with Crippen LogP contribution in [0.2, 0.25) is 0 Å². The monoisotopic (exact) mass is 261 g/mol. The Kier molecular flexibility index (Phi) is 3.29. The molecule has 1 aromatic carbocycles. The molecule has 1 atom stereocenters. The van der Waals surface area contributed by atoms with Crippen LogP contribution >= 0.6 is 0 Å². The van der Waals surface area contributed by atoms with Crippen molar-refractivity contribution >= 4 is 0 Å². The topological polar surface area (TPSA) is 64.9 Å². The van der Waals surface area contributed by atoms with Crippen LogP contribution in [-0.2, 0) is 12.8 Å². The van der Waals surface area contributed by atoms with Crippen molar-refractivity contribution in [3.63, 3.8) is 0 Å². The van der Waals surface area contributed by atoms with E-state index in [4.69, 9.17) is 10.3 Å². The fourth-order valence-corrected chi connectivity index (χ4v) is 2.17. The van der Waals surface area contributed by atoms with E-state index in [2.05, 4.69) is 10.1 Å². The maximum atomic E-state index is 13.1. The lowest BCUT2D eigenvalue weighted by atomic mass is 10.1. The summed E-state index contributed by atoms with van der Waals surface area (Å²) in [4.78, 5) is 4.31. The standard InChI is InChI=1S/C14H16FN3O/c15-11-3-1-2-9(6-11)7-13-17-14(19-18-13)8-12(16)10-4-5-10/h1-3,6,10,12H,4-5,7-8,16H2. The first-order valence-electron chi connectivity index (χ1n) is 6.52. The number of hydrogen-bond donors (Lipinski definition) is 1. The zero-order chi connectivity index (χ0) is 13.2. The summed E-state index contributed by atoms with van der Waals surface area (Å²) in [5.74, 6) is 1.50. The largest absolute Gasteiger partial charge is 0.339 e. The molecule has 0 amide bonds. The molecule has 0 spiro atoms. The van der Waals surface area contributed by atoms with Crippen molar-refractivity contribution in [2.75, 3.05) is 0 Å². The summed E-state index contributed by atoms with van der Waals surface area (Å²) in [5, 5.41) is 3.91. The predicted octanol–water partition coefficient (Wildman–Crippen LogP) is 2.08. The number of benzene rings is 1. The highest BCUT2D eigenvalue weighted by Crippen LogP contribution is 2.32. The van der Waals surface area contributed by atoms with Gasteiger partial charge in [0.2, 0.25) is 5.89 Å². The third-order valence-electron chi connectivity index (χ3n) is 3.40. The summed E-state index contributed by atoms with van der Waals surface area (Å²) >= 11 is 0. The molecule has 2 N–H and O–H groups in total. The summed E-state index contributed by atoms with van der Waals surface area (Å²) in [7, 11) is 0. The van der Waals surface area contributed by atoms with Gasteiger partial charge in [0.1, 0.15) is 5.82 Å². The number of aromatic nitrogens is 2. The molecule has 4 nitrogen and oxygen atoms in total. The molecule has 1 fully saturated rings. The Morgan fingerprint density at radius 1 is 1.42 bits per heavy atom. The summed E-state index contributed by atoms with van der Waals surface area (Å²) in [6.07, 6.45) is 3.50. The van der Waals surface area contributed by atoms with Gasteiger partial charge in [-0.1, -0.05) is 17.3 Å². The van der Waals surface area contributed by atoms with Crippen LogP contribution < -0.4 is 5.73 Å². The normalized spacial score (nSPS) is 16.5. The third-order valence-corrected chi connectivity index (χ3v) is 3.40. The molecule has 0 saturated heterocycles. The van der Waals surface area contributed by atoms with Crippen LogP contribution in [0.1, 0.15) is 30.1 Å². The Labute approximate surface area is 110 Å². The van der Waals surface area contributed by atoms with E-state index in [1.807, 2.05) is 6.07 Å². The Hall–Kier alpha value is -1.75. The molecule has 1 heterocycles. The second-order valence-corrected chi connectivity index (χ2v) is 5.12. The van der Waals surface area contributed by atoms with Crippen LogP contribution in [0.4, 0.5) is 4.39 Å². The van der Waals surface area contributed by atoms with Crippen molar-refractivity contribution in [2.45, 2.75) is 31.7 Å². The smallest absolute Gasteiger partial charge is 0.228 e. The molecule has 2 aromatic rings. The zero-order valence-electron chi connectivity index (χ0n) is 10.6. The summed E-state index contributed by atoms with van der Waals surface area (Å²) in [6, 6.07) is 6.53. The first-order valence-corrected chi connectivity index (χ1v) is 6.52. The van der Waals surface area contributed by atoms with Gasteiger partial charge in [0.25, 0.3) is 0 Å². The maximum Gasteiger partial charge on any atom is 0.228 e. The lowest BCUT2D eigenvalue weighted by molar-refractivity contribution is 0.359. The van der Waals surface area contributed by atoms with Gasteiger partial charge in [0.05, 0.1) is 0 Å². The van der Waals surface area contributed by atoms with Gasteiger partial charge >= 0.3 is 0 Å². The molecular formula is C14H16FN3O. The summed E-state index contributed by atoms with van der Waals surface area (Å²) in [6.45, 7) is 0. The molecule has 3 rings (SSSR count). The molecule has 1 aliphatic rings. The molecule has 0 bridgehead atoms. The van der Waals surface area contributed by atoms with Crippen LogP contribution in [0.5, 0.6) is 0 Å². The van der Waals surface area contributed by atoms with Crippen molar-refractivity contribution in [2.24, 2.45) is 11.7 Å². The van der Waals surface area contributed by atoms with E-state index in [1.54, 1.807) is 6.07 Å². The minimum atomic E-state index is -0.253. The molecule has 0 radical (unpaired) electrons. The minimum absolute atomic E-state index is 0.113. The Bertz CT molecular complexity index is 565. The predicted molar refractivity (Wildman–Crippen MR) is 67.9 cm³/mol. The molecule has 100 valence electrons. The number of hydrogen-bond acceptors (Lipinski definition) is 4. The zero-order valence-corrected chi connectivity index (χ0v) is 10.6. The van der Waals surface area contributed by atoms with E-state index in [9.17, 15) is 4.39 Å². The molecule has 19 heavy (non-hydrogen) atoms. The van der Waals surface area contributed by atoms with Crippen molar-refractivity contribution in [1.82, 2.24) is 10.1 Å². The molecule has 1 aromatic heterocycles. The molecular weight excluding hydrogens is 245 g/mol. The second kappa shape index (κ2) is 5.09. The highest BCUT2D eigenvalue weighted by atomic mass is 19.1. The Morgan fingerprint density at radius 2 is 2.26 bits per heavy atom. The van der Waals surface area contributed by atoms with Gasteiger partial charge in [-0.2, -0.15) is 4.98 Å². The average molecular weight is 261 g/mol. The van der Waals surface area contributed by atoms with Crippen LogP contribution in [0, 0.1) is 11.7 Å². The van der Waals surface area contributed by atoms with Crippen molar-refractivity contribution < 1.29 is 8.91 Å². The van der Waals surface area contributed by atoms with Gasteiger partial charge in [-0.05, 0) is 36.5 Å². The van der Waals surface area contributed by atoms with E-state index in [-0.39, 0.29) is 11.9 Å². The fourth-order valence-electron chi connectivity index (χ4n) is 2.17. The highest BCUT2D eigenvalue weighted by molar-refractivity contribution is 5.19. The SMILES string of the molecule is NC(Cc1nc(Cc2cccc(F)c2)no1)C1CC1. The number of halogens is 1. The lowest BCUT2D eigenvalue weighted by Crippen LogP contribution is -2.25. The quantitative estimate of drug-likeness (QED) is 0.895. The molecule has 5 heteroatoms. The first kappa shape index (κ1) is 12.3. The maximum absolute atomic E-state index is 13.1. The Balaban J connectivity index is 1.64.